The Bertz CT molecular complexity index is 588. The number of nitrogens with one attached hydrogen (secondary N) is 1. The molecule has 0 aliphatic carbocycles. The molecule has 0 atom stereocenters. The third kappa shape index (κ3) is 3.38. The number of phenols is 1. The highest BCUT2D eigenvalue weighted by Gasteiger charge is 2.03. The lowest BCUT2D eigenvalue weighted by atomic mass is 10.2. The minimum Gasteiger partial charge on any atom is -0.504 e. The molecular formula is C14H15BrN2O2. The van der Waals surface area contributed by atoms with Crippen molar-refractivity contribution in [1.29, 1.82) is 0 Å². The fraction of sp³-hybridized carbons (Fsp3) is 0.214. The zero-order valence-electron chi connectivity index (χ0n) is 10.8. The Morgan fingerprint density at radius 1 is 1.37 bits per heavy atom. The quantitative estimate of drug-likeness (QED) is 0.846. The normalized spacial score (nSPS) is 10.3. The Hall–Kier alpha value is -1.75. The van der Waals surface area contributed by atoms with Gasteiger partial charge in [-0.2, -0.15) is 0 Å². The molecule has 2 aromatic rings. The van der Waals surface area contributed by atoms with Crippen LogP contribution in [0.15, 0.2) is 35.1 Å². The van der Waals surface area contributed by atoms with Crippen LogP contribution in [0.3, 0.4) is 0 Å². The van der Waals surface area contributed by atoms with Gasteiger partial charge in [-0.1, -0.05) is 6.07 Å². The Morgan fingerprint density at radius 2 is 2.16 bits per heavy atom. The average molecular weight is 323 g/mol. The second-order valence-corrected chi connectivity index (χ2v) is 4.94. The van der Waals surface area contributed by atoms with Crippen molar-refractivity contribution < 1.29 is 9.84 Å². The Labute approximate surface area is 120 Å². The molecule has 2 rings (SSSR count). The number of aromatic nitrogens is 1. The fourth-order valence-electron chi connectivity index (χ4n) is 1.70. The standard InChI is InChI=1S/C14H15BrN2O2/c1-9-5-11(8-17-14(9)15)16-7-10-3-4-13(19-2)12(18)6-10/h3-6,8,16,18H,7H2,1-2H3. The molecule has 4 nitrogen and oxygen atoms in total. The van der Waals surface area contributed by atoms with Crippen LogP contribution in [-0.4, -0.2) is 17.2 Å². The third-order valence-corrected chi connectivity index (χ3v) is 3.58. The summed E-state index contributed by atoms with van der Waals surface area (Å²) in [4.78, 5) is 4.22. The molecule has 0 saturated heterocycles. The van der Waals surface area contributed by atoms with Crippen molar-refractivity contribution in [3.63, 3.8) is 0 Å². The van der Waals surface area contributed by atoms with E-state index in [1.54, 1.807) is 18.3 Å². The molecule has 1 heterocycles. The van der Waals surface area contributed by atoms with Crippen molar-refractivity contribution in [1.82, 2.24) is 4.98 Å². The van der Waals surface area contributed by atoms with Gasteiger partial charge in [0.1, 0.15) is 4.60 Å². The molecule has 0 saturated carbocycles. The lowest BCUT2D eigenvalue weighted by Gasteiger charge is -2.09. The van der Waals surface area contributed by atoms with E-state index in [1.165, 1.54) is 7.11 Å². The van der Waals surface area contributed by atoms with Crippen molar-refractivity contribution in [2.45, 2.75) is 13.5 Å². The molecule has 0 aliphatic rings. The molecule has 0 fully saturated rings. The Balaban J connectivity index is 2.05. The van der Waals surface area contributed by atoms with E-state index in [2.05, 4.69) is 26.2 Å². The maximum Gasteiger partial charge on any atom is 0.160 e. The maximum absolute atomic E-state index is 9.70. The molecule has 0 bridgehead atoms. The zero-order chi connectivity index (χ0) is 13.8. The smallest absolute Gasteiger partial charge is 0.160 e. The van der Waals surface area contributed by atoms with Crippen LogP contribution >= 0.6 is 15.9 Å². The second-order valence-electron chi connectivity index (χ2n) is 4.19. The number of nitrogens with zero attached hydrogens (tertiary/aromatic N) is 1. The number of methoxy groups -OCH3 is 1. The van der Waals surface area contributed by atoms with Crippen LogP contribution in [0.5, 0.6) is 11.5 Å². The predicted octanol–water partition coefficient (Wildman–Crippen LogP) is 3.48. The number of halogens is 1. The predicted molar refractivity (Wildman–Crippen MR) is 78.7 cm³/mol. The van der Waals surface area contributed by atoms with Gasteiger partial charge in [0.05, 0.1) is 19.0 Å². The van der Waals surface area contributed by atoms with Gasteiger partial charge < -0.3 is 15.2 Å². The van der Waals surface area contributed by atoms with Crippen LogP contribution in [0.4, 0.5) is 5.69 Å². The molecule has 5 heteroatoms. The van der Waals surface area contributed by atoms with Crippen molar-refractivity contribution in [2.75, 3.05) is 12.4 Å². The van der Waals surface area contributed by atoms with Crippen LogP contribution < -0.4 is 10.1 Å². The third-order valence-electron chi connectivity index (χ3n) is 2.75. The number of ether oxygens (including phenoxy) is 1. The zero-order valence-corrected chi connectivity index (χ0v) is 12.4. The number of aryl methyl sites for hydroxylation is 1. The molecule has 0 unspecified atom stereocenters. The van der Waals surface area contributed by atoms with E-state index in [4.69, 9.17) is 4.74 Å². The molecule has 1 aromatic carbocycles. The van der Waals surface area contributed by atoms with Gasteiger partial charge in [-0.05, 0) is 52.2 Å². The SMILES string of the molecule is COc1ccc(CNc2cnc(Br)c(C)c2)cc1O. The summed E-state index contributed by atoms with van der Waals surface area (Å²) in [7, 11) is 1.53. The number of rotatable bonds is 4. The second kappa shape index (κ2) is 5.93. The number of benzene rings is 1. The highest BCUT2D eigenvalue weighted by Crippen LogP contribution is 2.26. The minimum atomic E-state index is 0.145. The van der Waals surface area contributed by atoms with Crippen LogP contribution in [0.1, 0.15) is 11.1 Å². The van der Waals surface area contributed by atoms with E-state index in [9.17, 15) is 5.11 Å². The summed E-state index contributed by atoms with van der Waals surface area (Å²) >= 11 is 3.36. The van der Waals surface area contributed by atoms with E-state index >= 15 is 0 Å². The van der Waals surface area contributed by atoms with E-state index in [0.29, 0.717) is 12.3 Å². The molecule has 19 heavy (non-hydrogen) atoms. The monoisotopic (exact) mass is 322 g/mol. The summed E-state index contributed by atoms with van der Waals surface area (Å²) in [6, 6.07) is 7.35. The van der Waals surface area contributed by atoms with E-state index < -0.39 is 0 Å². The molecule has 1 aromatic heterocycles. The molecule has 2 N–H and O–H groups in total. The molecule has 0 amide bonds. The summed E-state index contributed by atoms with van der Waals surface area (Å²) in [5.41, 5.74) is 2.98. The van der Waals surface area contributed by atoms with Gasteiger partial charge in [-0.15, -0.1) is 0 Å². The van der Waals surface area contributed by atoms with Crippen LogP contribution in [0.25, 0.3) is 0 Å². The topological polar surface area (TPSA) is 54.4 Å². The summed E-state index contributed by atoms with van der Waals surface area (Å²) in [6.45, 7) is 2.60. The first-order valence-corrected chi connectivity index (χ1v) is 6.61. The first-order chi connectivity index (χ1) is 9.10. The van der Waals surface area contributed by atoms with Gasteiger partial charge >= 0.3 is 0 Å². The lowest BCUT2D eigenvalue weighted by Crippen LogP contribution is -2.00. The highest BCUT2D eigenvalue weighted by molar-refractivity contribution is 9.10. The summed E-state index contributed by atoms with van der Waals surface area (Å²) in [6.07, 6.45) is 1.76. The van der Waals surface area contributed by atoms with Crippen molar-refractivity contribution in [3.05, 3.63) is 46.2 Å². The van der Waals surface area contributed by atoms with E-state index in [1.807, 2.05) is 19.1 Å². The fourth-order valence-corrected chi connectivity index (χ4v) is 1.92. The van der Waals surface area contributed by atoms with Crippen molar-refractivity contribution in [3.8, 4) is 11.5 Å². The molecule has 100 valence electrons. The highest BCUT2D eigenvalue weighted by atomic mass is 79.9. The van der Waals surface area contributed by atoms with Gasteiger partial charge in [0.25, 0.3) is 0 Å². The van der Waals surface area contributed by atoms with Gasteiger partial charge in [0.2, 0.25) is 0 Å². The lowest BCUT2D eigenvalue weighted by molar-refractivity contribution is 0.373. The van der Waals surface area contributed by atoms with E-state index in [0.717, 1.165) is 21.4 Å². The van der Waals surface area contributed by atoms with Crippen LogP contribution in [-0.2, 0) is 6.54 Å². The van der Waals surface area contributed by atoms with Crippen LogP contribution in [0, 0.1) is 6.92 Å². The molecule has 0 radical (unpaired) electrons. The largest absolute Gasteiger partial charge is 0.504 e. The maximum atomic E-state index is 9.70. The minimum absolute atomic E-state index is 0.145. The van der Waals surface area contributed by atoms with Gasteiger partial charge in [0.15, 0.2) is 11.5 Å². The van der Waals surface area contributed by atoms with E-state index in [-0.39, 0.29) is 5.75 Å². The van der Waals surface area contributed by atoms with Gasteiger partial charge in [-0.3, -0.25) is 0 Å². The number of hydrogen-bond acceptors (Lipinski definition) is 4. The van der Waals surface area contributed by atoms with Gasteiger partial charge in [0, 0.05) is 6.54 Å². The average Bonchev–Trinajstić information content (AvgIpc) is 2.40. The summed E-state index contributed by atoms with van der Waals surface area (Å²) in [5.74, 6) is 0.622. The van der Waals surface area contributed by atoms with Crippen molar-refractivity contribution in [2.24, 2.45) is 0 Å². The molecular weight excluding hydrogens is 308 g/mol. The number of pyridine rings is 1. The number of anilines is 1. The summed E-state index contributed by atoms with van der Waals surface area (Å²) < 4.78 is 5.85. The number of hydrogen-bond donors (Lipinski definition) is 2. The molecule has 0 aliphatic heterocycles. The first kappa shape index (κ1) is 13.7. The number of aromatic hydroxyl groups is 1. The summed E-state index contributed by atoms with van der Waals surface area (Å²) in [5, 5.41) is 13.0. The Morgan fingerprint density at radius 3 is 2.79 bits per heavy atom. The van der Waals surface area contributed by atoms with Crippen molar-refractivity contribution >= 4 is 21.6 Å². The molecule has 0 spiro atoms. The number of phenolic OH excluding ortho intramolecular Hbond substituents is 1. The first-order valence-electron chi connectivity index (χ1n) is 5.82. The van der Waals surface area contributed by atoms with Gasteiger partial charge in [-0.25, -0.2) is 4.98 Å². The Kier molecular flexibility index (Phi) is 4.27. The van der Waals surface area contributed by atoms with Crippen LogP contribution in [0.2, 0.25) is 0 Å².